The maximum atomic E-state index is 5.53. The lowest BCUT2D eigenvalue weighted by Gasteiger charge is -1.99. The molecule has 1 rings (SSSR count). The Labute approximate surface area is 60.3 Å². The van der Waals surface area contributed by atoms with E-state index < -0.39 is 0 Å². The first-order valence-corrected chi connectivity index (χ1v) is 3.32. The van der Waals surface area contributed by atoms with Gasteiger partial charge < -0.3 is 5.73 Å². The van der Waals surface area contributed by atoms with E-state index in [1.165, 1.54) is 0 Å². The second-order valence-corrected chi connectivity index (χ2v) is 2.25. The van der Waals surface area contributed by atoms with Gasteiger partial charge in [0.25, 0.3) is 0 Å². The Bertz CT molecular complexity index is 232. The fraction of sp³-hybridized carbons (Fsp3) is 0.429. The number of aromatic nitrogens is 2. The molecule has 54 valence electrons. The van der Waals surface area contributed by atoms with E-state index in [1.54, 1.807) is 0 Å². The molecule has 0 bridgehead atoms. The number of hydrogen-bond donors (Lipinski definition) is 1. The largest absolute Gasteiger partial charge is 0.382 e. The summed E-state index contributed by atoms with van der Waals surface area (Å²) < 4.78 is 0. The van der Waals surface area contributed by atoms with E-state index in [4.69, 9.17) is 5.73 Å². The van der Waals surface area contributed by atoms with Gasteiger partial charge in [0.2, 0.25) is 0 Å². The first-order valence-electron chi connectivity index (χ1n) is 3.32. The van der Waals surface area contributed by atoms with Crippen LogP contribution in [0.15, 0.2) is 6.07 Å². The average molecular weight is 137 g/mol. The summed E-state index contributed by atoms with van der Waals surface area (Å²) in [4.78, 5) is 0. The van der Waals surface area contributed by atoms with Gasteiger partial charge in [0.15, 0.2) is 0 Å². The molecule has 0 saturated carbocycles. The van der Waals surface area contributed by atoms with Crippen LogP contribution in [-0.4, -0.2) is 10.2 Å². The molecule has 0 radical (unpaired) electrons. The quantitative estimate of drug-likeness (QED) is 0.626. The van der Waals surface area contributed by atoms with E-state index in [9.17, 15) is 0 Å². The van der Waals surface area contributed by atoms with Crippen molar-refractivity contribution in [3.8, 4) is 0 Å². The van der Waals surface area contributed by atoms with Crippen LogP contribution >= 0.6 is 0 Å². The molecule has 10 heavy (non-hydrogen) atoms. The van der Waals surface area contributed by atoms with E-state index in [0.717, 1.165) is 17.7 Å². The Hall–Kier alpha value is -1.12. The van der Waals surface area contributed by atoms with Gasteiger partial charge in [-0.3, -0.25) is 0 Å². The highest BCUT2D eigenvalue weighted by Gasteiger charge is 1.97. The zero-order chi connectivity index (χ0) is 7.56. The summed E-state index contributed by atoms with van der Waals surface area (Å²) >= 11 is 0. The number of anilines is 1. The van der Waals surface area contributed by atoms with Gasteiger partial charge in [-0.15, -0.1) is 5.10 Å². The third kappa shape index (κ3) is 1.23. The highest BCUT2D eigenvalue weighted by Crippen LogP contribution is 2.07. The summed E-state index contributed by atoms with van der Waals surface area (Å²) in [5.41, 5.74) is 7.52. The van der Waals surface area contributed by atoms with Crippen molar-refractivity contribution in [1.82, 2.24) is 10.2 Å². The number of aryl methyl sites for hydroxylation is 2. The molecule has 0 aliphatic heterocycles. The summed E-state index contributed by atoms with van der Waals surface area (Å²) in [6.45, 7) is 3.96. The smallest absolute Gasteiger partial charge is 0.149 e. The maximum absolute atomic E-state index is 5.53. The molecule has 0 atom stereocenters. The Morgan fingerprint density at radius 1 is 1.50 bits per heavy atom. The van der Waals surface area contributed by atoms with E-state index in [-0.39, 0.29) is 0 Å². The van der Waals surface area contributed by atoms with E-state index in [0.29, 0.717) is 5.82 Å². The highest BCUT2D eigenvalue weighted by molar-refractivity contribution is 5.38. The Morgan fingerprint density at radius 2 is 2.20 bits per heavy atom. The van der Waals surface area contributed by atoms with Crippen LogP contribution in [0, 0.1) is 6.92 Å². The lowest BCUT2D eigenvalue weighted by Crippen LogP contribution is -1.99. The summed E-state index contributed by atoms with van der Waals surface area (Å²) in [6, 6.07) is 1.96. The molecule has 0 aromatic carbocycles. The Kier molecular flexibility index (Phi) is 1.85. The van der Waals surface area contributed by atoms with Crippen molar-refractivity contribution < 1.29 is 0 Å². The predicted octanol–water partition coefficient (Wildman–Crippen LogP) is 0.930. The summed E-state index contributed by atoms with van der Waals surface area (Å²) in [7, 11) is 0. The lowest BCUT2D eigenvalue weighted by molar-refractivity contribution is 0.955. The SMILES string of the molecule is CCc1cc(C)nnc1N. The van der Waals surface area contributed by atoms with Crippen LogP contribution in [0.1, 0.15) is 18.2 Å². The third-order valence-electron chi connectivity index (χ3n) is 1.41. The van der Waals surface area contributed by atoms with Gasteiger partial charge in [-0.25, -0.2) is 0 Å². The monoisotopic (exact) mass is 137 g/mol. The molecule has 0 unspecified atom stereocenters. The van der Waals surface area contributed by atoms with Crippen LogP contribution in [0.4, 0.5) is 5.82 Å². The van der Waals surface area contributed by atoms with Gasteiger partial charge >= 0.3 is 0 Å². The topological polar surface area (TPSA) is 51.8 Å². The molecule has 3 nitrogen and oxygen atoms in total. The minimum atomic E-state index is 0.549. The molecule has 0 spiro atoms. The summed E-state index contributed by atoms with van der Waals surface area (Å²) in [5.74, 6) is 0.549. The maximum Gasteiger partial charge on any atom is 0.149 e. The average Bonchev–Trinajstić information content (AvgIpc) is 1.94. The molecule has 0 aliphatic rings. The second kappa shape index (κ2) is 2.64. The number of hydrogen-bond acceptors (Lipinski definition) is 3. The highest BCUT2D eigenvalue weighted by atomic mass is 15.1. The number of nitrogen functional groups attached to an aromatic ring is 1. The van der Waals surface area contributed by atoms with Crippen molar-refractivity contribution in [1.29, 1.82) is 0 Å². The Balaban J connectivity index is 3.09. The van der Waals surface area contributed by atoms with Crippen LogP contribution in [0.5, 0.6) is 0 Å². The first-order chi connectivity index (χ1) is 4.74. The molecule has 0 fully saturated rings. The van der Waals surface area contributed by atoms with Crippen LogP contribution in [-0.2, 0) is 6.42 Å². The number of rotatable bonds is 1. The first kappa shape index (κ1) is 6.99. The zero-order valence-electron chi connectivity index (χ0n) is 6.26. The molecule has 1 aromatic rings. The molecule has 1 heterocycles. The normalized spacial score (nSPS) is 9.80. The predicted molar refractivity (Wildman–Crippen MR) is 40.6 cm³/mol. The van der Waals surface area contributed by atoms with Crippen molar-refractivity contribution in [2.24, 2.45) is 0 Å². The minimum Gasteiger partial charge on any atom is -0.382 e. The molecular formula is C7H11N3. The molecule has 0 saturated heterocycles. The van der Waals surface area contributed by atoms with Crippen LogP contribution in [0.25, 0.3) is 0 Å². The molecule has 0 aliphatic carbocycles. The van der Waals surface area contributed by atoms with Crippen molar-refractivity contribution in [3.05, 3.63) is 17.3 Å². The molecular weight excluding hydrogens is 126 g/mol. The lowest BCUT2D eigenvalue weighted by atomic mass is 10.2. The standard InChI is InChI=1S/C7H11N3/c1-3-6-4-5(2)9-10-7(6)8/h4H,3H2,1-2H3,(H2,8,10). The van der Waals surface area contributed by atoms with Crippen LogP contribution < -0.4 is 5.73 Å². The number of nitrogens with zero attached hydrogens (tertiary/aromatic N) is 2. The molecule has 0 amide bonds. The number of nitrogens with two attached hydrogens (primary N) is 1. The fourth-order valence-corrected chi connectivity index (χ4v) is 0.835. The van der Waals surface area contributed by atoms with Gasteiger partial charge in [0.05, 0.1) is 5.69 Å². The van der Waals surface area contributed by atoms with Gasteiger partial charge in [-0.2, -0.15) is 5.10 Å². The van der Waals surface area contributed by atoms with Gasteiger partial charge in [0, 0.05) is 0 Å². The molecule has 2 N–H and O–H groups in total. The van der Waals surface area contributed by atoms with Crippen molar-refractivity contribution in [2.75, 3.05) is 5.73 Å². The van der Waals surface area contributed by atoms with Crippen molar-refractivity contribution in [2.45, 2.75) is 20.3 Å². The van der Waals surface area contributed by atoms with Crippen molar-refractivity contribution in [3.63, 3.8) is 0 Å². The molecule has 3 heteroatoms. The second-order valence-electron chi connectivity index (χ2n) is 2.25. The van der Waals surface area contributed by atoms with Gasteiger partial charge in [0.1, 0.15) is 5.82 Å². The Morgan fingerprint density at radius 3 is 2.70 bits per heavy atom. The summed E-state index contributed by atoms with van der Waals surface area (Å²) in [5, 5.41) is 7.59. The third-order valence-corrected chi connectivity index (χ3v) is 1.41. The van der Waals surface area contributed by atoms with Crippen LogP contribution in [0.2, 0.25) is 0 Å². The van der Waals surface area contributed by atoms with Gasteiger partial charge in [-0.05, 0) is 25.0 Å². The van der Waals surface area contributed by atoms with E-state index in [1.807, 2.05) is 19.9 Å². The van der Waals surface area contributed by atoms with E-state index in [2.05, 4.69) is 10.2 Å². The zero-order valence-corrected chi connectivity index (χ0v) is 6.26. The fourth-order valence-electron chi connectivity index (χ4n) is 0.835. The van der Waals surface area contributed by atoms with Crippen LogP contribution in [0.3, 0.4) is 0 Å². The summed E-state index contributed by atoms with van der Waals surface area (Å²) in [6.07, 6.45) is 0.919. The van der Waals surface area contributed by atoms with Gasteiger partial charge in [-0.1, -0.05) is 6.92 Å². The molecule has 1 aromatic heterocycles. The van der Waals surface area contributed by atoms with Crippen molar-refractivity contribution >= 4 is 5.82 Å². The minimum absolute atomic E-state index is 0.549. The van der Waals surface area contributed by atoms with E-state index >= 15 is 0 Å².